The maximum atomic E-state index is 3.44. The summed E-state index contributed by atoms with van der Waals surface area (Å²) in [6, 6.07) is 8.96. The molecule has 1 saturated carbocycles. The molecule has 1 N–H and O–H groups in total. The number of fused-ring (bicyclic) bond motifs is 1. The summed E-state index contributed by atoms with van der Waals surface area (Å²) in [5.41, 5.74) is 3.03. The second-order valence-electron chi connectivity index (χ2n) is 4.53. The summed E-state index contributed by atoms with van der Waals surface area (Å²) in [5, 5.41) is 4.76. The van der Waals surface area contributed by atoms with Gasteiger partial charge in [0, 0.05) is 24.3 Å². The number of hydrogen-bond donors (Lipinski definition) is 1. The molecule has 2 heteroatoms. The van der Waals surface area contributed by atoms with Crippen molar-refractivity contribution in [3.8, 4) is 0 Å². The Morgan fingerprint density at radius 1 is 1.27 bits per heavy atom. The van der Waals surface area contributed by atoms with E-state index < -0.39 is 0 Å². The summed E-state index contributed by atoms with van der Waals surface area (Å²) in [6.07, 6.45) is 4.65. The standard InChI is InChI=1S/C13H16N2/c1-14-13(6-7-13)11-4-3-10-5-8-15(2)12(10)9-11/h3-5,8-9,14H,6-7H2,1-2H3. The molecular formula is C13H16N2. The number of hydrogen-bond acceptors (Lipinski definition) is 1. The van der Waals surface area contributed by atoms with E-state index in [9.17, 15) is 0 Å². The molecule has 0 amide bonds. The Labute approximate surface area is 89.9 Å². The lowest BCUT2D eigenvalue weighted by molar-refractivity contribution is 0.586. The highest BCUT2D eigenvalue weighted by Gasteiger charge is 2.42. The first-order chi connectivity index (χ1) is 7.25. The highest BCUT2D eigenvalue weighted by Crippen LogP contribution is 2.45. The van der Waals surface area contributed by atoms with Crippen molar-refractivity contribution in [3.63, 3.8) is 0 Å². The minimum atomic E-state index is 0.276. The smallest absolute Gasteiger partial charge is 0.0481 e. The van der Waals surface area contributed by atoms with Gasteiger partial charge in [0.25, 0.3) is 0 Å². The van der Waals surface area contributed by atoms with Crippen molar-refractivity contribution in [2.45, 2.75) is 18.4 Å². The lowest BCUT2D eigenvalue weighted by Crippen LogP contribution is -2.24. The Bertz CT molecular complexity index is 506. The second kappa shape index (κ2) is 2.86. The largest absolute Gasteiger partial charge is 0.351 e. The molecule has 1 heterocycles. The van der Waals surface area contributed by atoms with E-state index in [1.165, 1.54) is 29.3 Å². The van der Waals surface area contributed by atoms with E-state index in [4.69, 9.17) is 0 Å². The fourth-order valence-electron chi connectivity index (χ4n) is 2.37. The van der Waals surface area contributed by atoms with Crippen molar-refractivity contribution >= 4 is 10.9 Å². The molecule has 78 valence electrons. The van der Waals surface area contributed by atoms with E-state index in [1.807, 2.05) is 0 Å². The van der Waals surface area contributed by atoms with Crippen LogP contribution in [0.25, 0.3) is 10.9 Å². The zero-order valence-corrected chi connectivity index (χ0v) is 9.25. The number of benzene rings is 1. The summed E-state index contributed by atoms with van der Waals surface area (Å²) in [4.78, 5) is 0. The predicted molar refractivity (Wildman–Crippen MR) is 62.9 cm³/mol. The number of rotatable bonds is 2. The quantitative estimate of drug-likeness (QED) is 0.787. The van der Waals surface area contributed by atoms with Crippen LogP contribution < -0.4 is 5.32 Å². The Hall–Kier alpha value is -1.28. The van der Waals surface area contributed by atoms with Gasteiger partial charge >= 0.3 is 0 Å². The Morgan fingerprint density at radius 3 is 2.73 bits per heavy atom. The number of nitrogens with one attached hydrogen (secondary N) is 1. The first kappa shape index (κ1) is 8.98. The van der Waals surface area contributed by atoms with Crippen molar-refractivity contribution in [1.29, 1.82) is 0 Å². The number of aromatic nitrogens is 1. The summed E-state index contributed by atoms with van der Waals surface area (Å²) < 4.78 is 2.19. The van der Waals surface area contributed by atoms with E-state index in [2.05, 4.69) is 54.4 Å². The van der Waals surface area contributed by atoms with Crippen molar-refractivity contribution in [3.05, 3.63) is 36.0 Å². The molecule has 1 aromatic heterocycles. The van der Waals surface area contributed by atoms with E-state index in [0.717, 1.165) is 0 Å². The molecule has 0 atom stereocenters. The van der Waals surface area contributed by atoms with Crippen molar-refractivity contribution in [2.24, 2.45) is 7.05 Å². The molecule has 1 aromatic carbocycles. The van der Waals surface area contributed by atoms with Crippen molar-refractivity contribution < 1.29 is 0 Å². The Balaban J connectivity index is 2.17. The van der Waals surface area contributed by atoms with Crippen LogP contribution in [0.2, 0.25) is 0 Å². The first-order valence-electron chi connectivity index (χ1n) is 5.50. The van der Waals surface area contributed by atoms with E-state index in [0.29, 0.717) is 0 Å². The van der Waals surface area contributed by atoms with Crippen LogP contribution in [0.3, 0.4) is 0 Å². The first-order valence-corrected chi connectivity index (χ1v) is 5.50. The maximum absolute atomic E-state index is 3.44. The molecule has 2 nitrogen and oxygen atoms in total. The molecule has 0 aliphatic heterocycles. The predicted octanol–water partition coefficient (Wildman–Crippen LogP) is 2.39. The monoisotopic (exact) mass is 200 g/mol. The highest BCUT2D eigenvalue weighted by molar-refractivity contribution is 5.81. The van der Waals surface area contributed by atoms with Crippen LogP contribution in [0.1, 0.15) is 18.4 Å². The highest BCUT2D eigenvalue weighted by atomic mass is 15.0. The van der Waals surface area contributed by atoms with Crippen LogP contribution in [0.5, 0.6) is 0 Å². The van der Waals surface area contributed by atoms with E-state index in [1.54, 1.807) is 0 Å². The minimum Gasteiger partial charge on any atom is -0.351 e. The molecule has 2 aromatic rings. The lowest BCUT2D eigenvalue weighted by atomic mass is 10.0. The average Bonchev–Trinajstić information content (AvgIpc) is 2.99. The Kier molecular flexibility index (Phi) is 1.71. The molecule has 0 bridgehead atoms. The van der Waals surface area contributed by atoms with Gasteiger partial charge in [0.15, 0.2) is 0 Å². The summed E-state index contributed by atoms with van der Waals surface area (Å²) in [5.74, 6) is 0. The molecule has 1 fully saturated rings. The molecule has 3 rings (SSSR count). The van der Waals surface area contributed by atoms with Gasteiger partial charge in [-0.15, -0.1) is 0 Å². The van der Waals surface area contributed by atoms with Gasteiger partial charge in [-0.2, -0.15) is 0 Å². The Morgan fingerprint density at radius 2 is 2.07 bits per heavy atom. The van der Waals surface area contributed by atoms with Gasteiger partial charge in [0.05, 0.1) is 0 Å². The number of nitrogens with zero attached hydrogens (tertiary/aromatic N) is 1. The van der Waals surface area contributed by atoms with Crippen molar-refractivity contribution in [2.75, 3.05) is 7.05 Å². The van der Waals surface area contributed by atoms with Gasteiger partial charge in [0.2, 0.25) is 0 Å². The summed E-state index contributed by atoms with van der Waals surface area (Å²) >= 11 is 0. The van der Waals surface area contributed by atoms with Crippen LogP contribution >= 0.6 is 0 Å². The third kappa shape index (κ3) is 1.21. The summed E-state index contributed by atoms with van der Waals surface area (Å²) in [7, 11) is 4.16. The zero-order chi connectivity index (χ0) is 10.5. The molecule has 1 aliphatic carbocycles. The fraction of sp³-hybridized carbons (Fsp3) is 0.385. The molecule has 0 saturated heterocycles. The molecule has 1 aliphatic rings. The SMILES string of the molecule is CNC1(c2ccc3ccn(C)c3c2)CC1. The fourth-order valence-corrected chi connectivity index (χ4v) is 2.37. The minimum absolute atomic E-state index is 0.276. The number of aryl methyl sites for hydroxylation is 1. The molecule has 0 unspecified atom stereocenters. The molecule has 0 spiro atoms. The van der Waals surface area contributed by atoms with Crippen LogP contribution in [0.4, 0.5) is 0 Å². The van der Waals surface area contributed by atoms with Crippen LogP contribution in [-0.2, 0) is 12.6 Å². The summed E-state index contributed by atoms with van der Waals surface area (Å²) in [6.45, 7) is 0. The van der Waals surface area contributed by atoms with Gasteiger partial charge < -0.3 is 9.88 Å². The zero-order valence-electron chi connectivity index (χ0n) is 9.25. The lowest BCUT2D eigenvalue weighted by Gasteiger charge is -2.14. The maximum Gasteiger partial charge on any atom is 0.0481 e. The average molecular weight is 200 g/mol. The molecular weight excluding hydrogens is 184 g/mol. The van der Waals surface area contributed by atoms with Crippen LogP contribution in [0, 0.1) is 0 Å². The second-order valence-corrected chi connectivity index (χ2v) is 4.53. The van der Waals surface area contributed by atoms with Crippen LogP contribution in [0.15, 0.2) is 30.5 Å². The van der Waals surface area contributed by atoms with Gasteiger partial charge in [-0.25, -0.2) is 0 Å². The normalized spacial score (nSPS) is 18.3. The van der Waals surface area contributed by atoms with Crippen LogP contribution in [-0.4, -0.2) is 11.6 Å². The molecule has 0 radical (unpaired) electrons. The van der Waals surface area contributed by atoms with E-state index >= 15 is 0 Å². The van der Waals surface area contributed by atoms with E-state index in [-0.39, 0.29) is 5.54 Å². The van der Waals surface area contributed by atoms with Gasteiger partial charge in [0.1, 0.15) is 0 Å². The van der Waals surface area contributed by atoms with Gasteiger partial charge in [-0.05, 0) is 43.0 Å². The third-order valence-electron chi connectivity index (χ3n) is 3.67. The van der Waals surface area contributed by atoms with Gasteiger partial charge in [-0.3, -0.25) is 0 Å². The third-order valence-corrected chi connectivity index (χ3v) is 3.67. The van der Waals surface area contributed by atoms with Crippen molar-refractivity contribution in [1.82, 2.24) is 9.88 Å². The topological polar surface area (TPSA) is 17.0 Å². The van der Waals surface area contributed by atoms with Gasteiger partial charge in [-0.1, -0.05) is 12.1 Å². The molecule has 15 heavy (non-hydrogen) atoms.